The van der Waals surface area contributed by atoms with Gasteiger partial charge in [-0.2, -0.15) is 5.26 Å². The van der Waals surface area contributed by atoms with Crippen LogP contribution in [0.3, 0.4) is 0 Å². The number of ether oxygens (including phenoxy) is 1. The molecular formula is C17H14N4O4. The molecule has 2 heterocycles. The topological polar surface area (TPSA) is 109 Å². The van der Waals surface area contributed by atoms with Crippen LogP contribution in [0.15, 0.2) is 42.6 Å². The molecule has 0 bridgehead atoms. The number of nitriles is 1. The lowest BCUT2D eigenvalue weighted by atomic mass is 10.1. The Kier molecular flexibility index (Phi) is 4.57. The number of aromatic nitrogens is 1. The number of amides is 1. The van der Waals surface area contributed by atoms with Crippen molar-refractivity contribution in [3.05, 3.63) is 63.8 Å². The zero-order valence-corrected chi connectivity index (χ0v) is 13.2. The second-order valence-corrected chi connectivity index (χ2v) is 5.60. The fraction of sp³-hybridized carbons (Fsp3) is 0.235. The molecule has 1 saturated heterocycles. The molecule has 0 aliphatic carbocycles. The first-order valence-corrected chi connectivity index (χ1v) is 7.59. The highest BCUT2D eigenvalue weighted by atomic mass is 16.6. The van der Waals surface area contributed by atoms with Gasteiger partial charge in [-0.25, -0.2) is 4.98 Å². The predicted octanol–water partition coefficient (Wildman–Crippen LogP) is 1.69. The Morgan fingerprint density at radius 2 is 2.16 bits per heavy atom. The number of carbonyl (C=O) groups is 1. The van der Waals surface area contributed by atoms with E-state index in [9.17, 15) is 14.9 Å². The van der Waals surface area contributed by atoms with Crippen molar-refractivity contribution in [2.45, 2.75) is 12.5 Å². The van der Waals surface area contributed by atoms with E-state index in [-0.39, 0.29) is 24.1 Å². The molecule has 0 N–H and O–H groups in total. The molecular weight excluding hydrogens is 324 g/mol. The predicted molar refractivity (Wildman–Crippen MR) is 86.7 cm³/mol. The van der Waals surface area contributed by atoms with E-state index in [1.807, 2.05) is 6.07 Å². The molecule has 0 spiro atoms. The Balaban J connectivity index is 1.55. The van der Waals surface area contributed by atoms with Crippen LogP contribution in [0.5, 0.6) is 5.88 Å². The number of pyridine rings is 1. The molecule has 8 heteroatoms. The van der Waals surface area contributed by atoms with Gasteiger partial charge >= 0.3 is 0 Å². The number of nitrogens with zero attached hydrogens (tertiary/aromatic N) is 4. The zero-order valence-electron chi connectivity index (χ0n) is 13.2. The number of rotatable bonds is 5. The number of nitro groups is 1. The smallest absolute Gasteiger partial charge is 0.273 e. The van der Waals surface area contributed by atoms with Crippen molar-refractivity contribution in [2.75, 3.05) is 13.1 Å². The van der Waals surface area contributed by atoms with Crippen molar-refractivity contribution in [1.82, 2.24) is 9.88 Å². The van der Waals surface area contributed by atoms with Crippen LogP contribution < -0.4 is 4.74 Å². The summed E-state index contributed by atoms with van der Waals surface area (Å²) in [6.07, 6.45) is 1.27. The molecule has 0 unspecified atom stereocenters. The molecule has 1 fully saturated rings. The summed E-state index contributed by atoms with van der Waals surface area (Å²) in [6.45, 7) is 0.774. The third-order valence-electron chi connectivity index (χ3n) is 3.88. The molecule has 8 nitrogen and oxygen atoms in total. The Labute approximate surface area is 143 Å². The van der Waals surface area contributed by atoms with Gasteiger partial charge in [0.25, 0.3) is 5.69 Å². The number of likely N-dealkylation sites (tertiary alicyclic amines) is 1. The van der Waals surface area contributed by atoms with Crippen LogP contribution in [-0.2, 0) is 11.2 Å². The van der Waals surface area contributed by atoms with Gasteiger partial charge in [0.2, 0.25) is 11.8 Å². The summed E-state index contributed by atoms with van der Waals surface area (Å²) in [7, 11) is 0. The summed E-state index contributed by atoms with van der Waals surface area (Å²) in [5.74, 6) is 0.155. The Morgan fingerprint density at radius 3 is 2.88 bits per heavy atom. The van der Waals surface area contributed by atoms with Gasteiger partial charge in [-0.05, 0) is 6.07 Å². The highest BCUT2D eigenvalue weighted by Crippen LogP contribution is 2.21. The molecule has 25 heavy (non-hydrogen) atoms. The lowest BCUT2D eigenvalue weighted by Gasteiger charge is -2.38. The van der Waals surface area contributed by atoms with Crippen molar-refractivity contribution in [2.24, 2.45) is 0 Å². The van der Waals surface area contributed by atoms with Gasteiger partial charge in [0.05, 0.1) is 36.1 Å². The molecule has 1 aromatic heterocycles. The lowest BCUT2D eigenvalue weighted by Crippen LogP contribution is -2.56. The number of carbonyl (C=O) groups excluding carboxylic acids is 1. The molecule has 1 aliphatic rings. The van der Waals surface area contributed by atoms with E-state index in [1.165, 1.54) is 18.3 Å². The molecule has 0 radical (unpaired) electrons. The van der Waals surface area contributed by atoms with E-state index in [2.05, 4.69) is 4.98 Å². The highest BCUT2D eigenvalue weighted by molar-refractivity contribution is 5.80. The Morgan fingerprint density at radius 1 is 1.40 bits per heavy atom. The monoisotopic (exact) mass is 338 g/mol. The average Bonchev–Trinajstić information content (AvgIpc) is 2.58. The van der Waals surface area contributed by atoms with Crippen LogP contribution in [0, 0.1) is 21.4 Å². The number of nitro benzene ring substituents is 1. The van der Waals surface area contributed by atoms with Crippen LogP contribution in [-0.4, -0.2) is 39.9 Å². The van der Waals surface area contributed by atoms with Gasteiger partial charge in [-0.1, -0.05) is 18.2 Å². The molecule has 1 amide bonds. The van der Waals surface area contributed by atoms with Gasteiger partial charge in [-0.15, -0.1) is 0 Å². The Bertz CT molecular complexity index is 856. The molecule has 126 valence electrons. The standard InChI is InChI=1S/C17H14N4O4/c18-9-12-5-6-19-16(7-12)25-14-10-20(11-14)17(22)8-13-3-1-2-4-15(13)21(23)24/h1-7,14H,8,10-11H2. The average molecular weight is 338 g/mol. The van der Waals surface area contributed by atoms with Crippen molar-refractivity contribution < 1.29 is 14.5 Å². The quantitative estimate of drug-likeness (QED) is 0.606. The van der Waals surface area contributed by atoms with Crippen LogP contribution in [0.1, 0.15) is 11.1 Å². The van der Waals surface area contributed by atoms with Gasteiger partial charge in [-0.3, -0.25) is 14.9 Å². The largest absolute Gasteiger partial charge is 0.471 e. The maximum Gasteiger partial charge on any atom is 0.273 e. The minimum Gasteiger partial charge on any atom is -0.471 e. The third-order valence-corrected chi connectivity index (χ3v) is 3.88. The van der Waals surface area contributed by atoms with Crippen molar-refractivity contribution >= 4 is 11.6 Å². The van der Waals surface area contributed by atoms with E-state index in [0.29, 0.717) is 30.1 Å². The van der Waals surface area contributed by atoms with Gasteiger partial charge in [0, 0.05) is 23.9 Å². The fourth-order valence-electron chi connectivity index (χ4n) is 2.54. The van der Waals surface area contributed by atoms with Crippen molar-refractivity contribution in [3.8, 4) is 11.9 Å². The molecule has 2 aromatic rings. The first kappa shape index (κ1) is 16.4. The van der Waals surface area contributed by atoms with E-state index in [4.69, 9.17) is 10.00 Å². The van der Waals surface area contributed by atoms with Crippen LogP contribution in [0.25, 0.3) is 0 Å². The summed E-state index contributed by atoms with van der Waals surface area (Å²) >= 11 is 0. The maximum absolute atomic E-state index is 12.3. The normalized spacial score (nSPS) is 13.6. The van der Waals surface area contributed by atoms with Gasteiger partial charge in [0.15, 0.2) is 0 Å². The summed E-state index contributed by atoms with van der Waals surface area (Å²) in [5, 5.41) is 19.8. The minimum absolute atomic E-state index is 0.0218. The molecule has 3 rings (SSSR count). The van der Waals surface area contributed by atoms with E-state index < -0.39 is 4.92 Å². The summed E-state index contributed by atoms with van der Waals surface area (Å²) in [6, 6.07) is 11.3. The lowest BCUT2D eigenvalue weighted by molar-refractivity contribution is -0.385. The second kappa shape index (κ2) is 6.97. The number of hydrogen-bond donors (Lipinski definition) is 0. The van der Waals surface area contributed by atoms with E-state index >= 15 is 0 Å². The third kappa shape index (κ3) is 3.72. The maximum atomic E-state index is 12.3. The van der Waals surface area contributed by atoms with Gasteiger partial charge < -0.3 is 9.64 Å². The minimum atomic E-state index is -0.488. The molecule has 0 saturated carbocycles. The second-order valence-electron chi connectivity index (χ2n) is 5.60. The highest BCUT2D eigenvalue weighted by Gasteiger charge is 2.33. The van der Waals surface area contributed by atoms with E-state index in [0.717, 1.165) is 0 Å². The van der Waals surface area contributed by atoms with Crippen LogP contribution in [0.2, 0.25) is 0 Å². The summed E-state index contributed by atoms with van der Waals surface area (Å²) in [4.78, 5) is 28.4. The first-order valence-electron chi connectivity index (χ1n) is 7.59. The van der Waals surface area contributed by atoms with E-state index in [1.54, 1.807) is 29.2 Å². The summed E-state index contributed by atoms with van der Waals surface area (Å²) < 4.78 is 5.62. The number of hydrogen-bond acceptors (Lipinski definition) is 6. The van der Waals surface area contributed by atoms with Crippen LogP contribution in [0.4, 0.5) is 5.69 Å². The first-order chi connectivity index (χ1) is 12.1. The summed E-state index contributed by atoms with van der Waals surface area (Å²) in [5.41, 5.74) is 0.792. The number of para-hydroxylation sites is 1. The fourth-order valence-corrected chi connectivity index (χ4v) is 2.54. The molecule has 1 aromatic carbocycles. The Hall–Kier alpha value is -3.47. The molecule has 1 aliphatic heterocycles. The van der Waals surface area contributed by atoms with Crippen molar-refractivity contribution in [1.29, 1.82) is 5.26 Å². The zero-order chi connectivity index (χ0) is 17.8. The van der Waals surface area contributed by atoms with Crippen molar-refractivity contribution in [3.63, 3.8) is 0 Å². The SMILES string of the molecule is N#Cc1ccnc(OC2CN(C(=O)Cc3ccccc3[N+](=O)[O-])C2)c1. The molecule has 0 atom stereocenters. The van der Waals surface area contributed by atoms with Gasteiger partial charge in [0.1, 0.15) is 6.10 Å². The number of benzene rings is 1. The van der Waals surface area contributed by atoms with Crippen LogP contribution >= 0.6 is 0 Å².